The number of aromatic amines is 1. The molecule has 0 saturated heterocycles. The van der Waals surface area contributed by atoms with E-state index in [1.54, 1.807) is 37.4 Å². The third-order valence-electron chi connectivity index (χ3n) is 3.48. The number of hydrogen-bond acceptors (Lipinski definition) is 6. The van der Waals surface area contributed by atoms with Crippen molar-refractivity contribution >= 4 is 17.2 Å². The van der Waals surface area contributed by atoms with Gasteiger partial charge in [-0.3, -0.25) is 4.79 Å². The first-order valence-electron chi connectivity index (χ1n) is 7.86. The zero-order valence-electron chi connectivity index (χ0n) is 14.0. The molecule has 1 aromatic carbocycles. The Hall–Kier alpha value is -3.13. The molecular weight excluding hydrogens is 354 g/mol. The van der Waals surface area contributed by atoms with E-state index < -0.39 is 11.6 Å². The molecule has 0 atom stereocenters. The zero-order chi connectivity index (χ0) is 18.4. The van der Waals surface area contributed by atoms with Crippen LogP contribution in [0.4, 0.5) is 0 Å². The lowest BCUT2D eigenvalue weighted by Gasteiger charge is -2.08. The van der Waals surface area contributed by atoms with Crippen LogP contribution in [-0.4, -0.2) is 36.1 Å². The largest absolute Gasteiger partial charge is 0.497 e. The fourth-order valence-electron chi connectivity index (χ4n) is 2.23. The minimum Gasteiger partial charge on any atom is -0.497 e. The van der Waals surface area contributed by atoms with E-state index in [9.17, 15) is 9.59 Å². The molecule has 134 valence electrons. The van der Waals surface area contributed by atoms with Crippen molar-refractivity contribution in [1.82, 2.24) is 15.3 Å². The van der Waals surface area contributed by atoms with E-state index >= 15 is 0 Å². The van der Waals surface area contributed by atoms with Crippen LogP contribution in [0, 0.1) is 0 Å². The van der Waals surface area contributed by atoms with Gasteiger partial charge in [0.2, 0.25) is 0 Å². The molecule has 0 spiro atoms. The molecular formula is C18H17N3O4S. The van der Waals surface area contributed by atoms with Gasteiger partial charge in [-0.2, -0.15) is 4.98 Å². The zero-order valence-corrected chi connectivity index (χ0v) is 14.8. The molecule has 0 aliphatic rings. The van der Waals surface area contributed by atoms with Gasteiger partial charge in [-0.1, -0.05) is 6.07 Å². The van der Waals surface area contributed by atoms with E-state index in [1.807, 2.05) is 17.5 Å². The lowest BCUT2D eigenvalue weighted by atomic mass is 10.2. The first-order valence-corrected chi connectivity index (χ1v) is 8.74. The maximum absolute atomic E-state index is 12.2. The molecule has 0 unspecified atom stereocenters. The fourth-order valence-corrected chi connectivity index (χ4v) is 2.93. The number of thiophene rings is 1. The number of rotatable bonds is 7. The highest BCUT2D eigenvalue weighted by Crippen LogP contribution is 2.21. The summed E-state index contributed by atoms with van der Waals surface area (Å²) in [6.07, 6.45) is 0. The number of carbonyl (C=O) groups is 1. The Bertz CT molecular complexity index is 920. The molecule has 2 aromatic heterocycles. The molecule has 0 radical (unpaired) electrons. The highest BCUT2D eigenvalue weighted by molar-refractivity contribution is 7.13. The summed E-state index contributed by atoms with van der Waals surface area (Å²) in [6.45, 7) is 0.576. The van der Waals surface area contributed by atoms with E-state index in [1.165, 1.54) is 11.3 Å². The number of ether oxygens (including phenoxy) is 2. The van der Waals surface area contributed by atoms with Crippen molar-refractivity contribution in [1.29, 1.82) is 0 Å². The van der Waals surface area contributed by atoms with Crippen molar-refractivity contribution in [3.8, 4) is 22.1 Å². The molecule has 26 heavy (non-hydrogen) atoms. The van der Waals surface area contributed by atoms with Crippen LogP contribution in [0.3, 0.4) is 0 Å². The SMILES string of the molecule is COc1ccc(OCCNC(=O)c2cc(-c3cccs3)[nH]c(=O)n2)cc1. The predicted molar refractivity (Wildman–Crippen MR) is 99.0 cm³/mol. The van der Waals surface area contributed by atoms with Crippen LogP contribution in [0.15, 0.2) is 52.6 Å². The number of benzene rings is 1. The monoisotopic (exact) mass is 371 g/mol. The number of nitrogens with one attached hydrogen (secondary N) is 2. The van der Waals surface area contributed by atoms with Crippen LogP contribution >= 0.6 is 11.3 Å². The van der Waals surface area contributed by atoms with Gasteiger partial charge in [0, 0.05) is 0 Å². The van der Waals surface area contributed by atoms with Crippen LogP contribution in [-0.2, 0) is 0 Å². The van der Waals surface area contributed by atoms with Crippen molar-refractivity contribution in [2.24, 2.45) is 0 Å². The lowest BCUT2D eigenvalue weighted by molar-refractivity contribution is 0.0941. The van der Waals surface area contributed by atoms with E-state index in [4.69, 9.17) is 9.47 Å². The van der Waals surface area contributed by atoms with Gasteiger partial charge in [-0.25, -0.2) is 4.79 Å². The Kier molecular flexibility index (Phi) is 5.65. The van der Waals surface area contributed by atoms with E-state index in [0.717, 1.165) is 10.6 Å². The predicted octanol–water partition coefficient (Wildman–Crippen LogP) is 2.32. The maximum Gasteiger partial charge on any atom is 0.346 e. The second-order valence-electron chi connectivity index (χ2n) is 5.24. The minimum absolute atomic E-state index is 0.0709. The first-order chi connectivity index (χ1) is 12.7. The van der Waals surface area contributed by atoms with Gasteiger partial charge < -0.3 is 19.8 Å². The molecule has 0 bridgehead atoms. The third-order valence-corrected chi connectivity index (χ3v) is 4.38. The van der Waals surface area contributed by atoms with Gasteiger partial charge in [0.15, 0.2) is 0 Å². The topological polar surface area (TPSA) is 93.3 Å². The Morgan fingerprint density at radius 3 is 2.69 bits per heavy atom. The van der Waals surface area contributed by atoms with Crippen LogP contribution in [0.5, 0.6) is 11.5 Å². The number of hydrogen-bond donors (Lipinski definition) is 2. The van der Waals surface area contributed by atoms with Gasteiger partial charge in [0.1, 0.15) is 23.8 Å². The van der Waals surface area contributed by atoms with E-state index in [-0.39, 0.29) is 12.2 Å². The highest BCUT2D eigenvalue weighted by Gasteiger charge is 2.11. The van der Waals surface area contributed by atoms with E-state index in [0.29, 0.717) is 18.1 Å². The molecule has 0 fully saturated rings. The van der Waals surface area contributed by atoms with Gasteiger partial charge in [-0.05, 0) is 41.8 Å². The third kappa shape index (κ3) is 4.48. The number of carbonyl (C=O) groups excluding carboxylic acids is 1. The summed E-state index contributed by atoms with van der Waals surface area (Å²) in [7, 11) is 1.60. The van der Waals surface area contributed by atoms with Crippen molar-refractivity contribution in [2.75, 3.05) is 20.3 Å². The van der Waals surface area contributed by atoms with Crippen molar-refractivity contribution in [3.05, 3.63) is 64.0 Å². The summed E-state index contributed by atoms with van der Waals surface area (Å²) >= 11 is 1.47. The van der Waals surface area contributed by atoms with Gasteiger partial charge in [0.05, 0.1) is 24.2 Å². The molecule has 0 saturated carbocycles. The molecule has 2 N–H and O–H groups in total. The summed E-state index contributed by atoms with van der Waals surface area (Å²) in [5, 5.41) is 4.58. The van der Waals surface area contributed by atoms with Crippen molar-refractivity contribution in [3.63, 3.8) is 0 Å². The molecule has 0 aliphatic carbocycles. The first kappa shape index (κ1) is 17.7. The normalized spacial score (nSPS) is 10.3. The second kappa shape index (κ2) is 8.30. The number of aromatic nitrogens is 2. The maximum atomic E-state index is 12.2. The standard InChI is InChI=1S/C18H17N3O4S/c1-24-12-4-6-13(7-5-12)25-9-8-19-17(22)15-11-14(20-18(23)21-15)16-3-2-10-26-16/h2-7,10-11H,8-9H2,1H3,(H,19,22)(H,20,21,23). The number of H-pyrrole nitrogens is 1. The van der Waals surface area contributed by atoms with Crippen molar-refractivity contribution in [2.45, 2.75) is 0 Å². The quantitative estimate of drug-likeness (QED) is 0.622. The van der Waals surface area contributed by atoms with Crippen LogP contribution in [0.1, 0.15) is 10.5 Å². The summed E-state index contributed by atoms with van der Waals surface area (Å²) in [4.78, 5) is 31.1. The minimum atomic E-state index is -0.560. The molecule has 3 aromatic rings. The Morgan fingerprint density at radius 2 is 2.00 bits per heavy atom. The average Bonchev–Trinajstić information content (AvgIpc) is 3.20. The Balaban J connectivity index is 1.55. The second-order valence-corrected chi connectivity index (χ2v) is 6.19. The molecule has 1 amide bonds. The highest BCUT2D eigenvalue weighted by atomic mass is 32.1. The summed E-state index contributed by atoms with van der Waals surface area (Å²) in [5.41, 5.74) is 0.0803. The van der Waals surface area contributed by atoms with Gasteiger partial charge in [0.25, 0.3) is 5.91 Å². The van der Waals surface area contributed by atoms with Crippen LogP contribution in [0.25, 0.3) is 10.6 Å². The van der Waals surface area contributed by atoms with Crippen LogP contribution < -0.4 is 20.5 Å². The summed E-state index contributed by atoms with van der Waals surface area (Å²) in [6, 6.07) is 12.4. The number of methoxy groups -OCH3 is 1. The van der Waals surface area contributed by atoms with Crippen molar-refractivity contribution < 1.29 is 14.3 Å². The molecule has 0 aliphatic heterocycles. The van der Waals surface area contributed by atoms with Crippen LogP contribution in [0.2, 0.25) is 0 Å². The Labute approximate surface area is 153 Å². The lowest BCUT2D eigenvalue weighted by Crippen LogP contribution is -2.30. The molecule has 7 nitrogen and oxygen atoms in total. The van der Waals surface area contributed by atoms with Gasteiger partial charge >= 0.3 is 5.69 Å². The number of nitrogens with zero attached hydrogens (tertiary/aromatic N) is 1. The summed E-state index contributed by atoms with van der Waals surface area (Å²) < 4.78 is 10.6. The molecule has 3 rings (SSSR count). The average molecular weight is 371 g/mol. The fraction of sp³-hybridized carbons (Fsp3) is 0.167. The molecule has 8 heteroatoms. The smallest absolute Gasteiger partial charge is 0.346 e. The van der Waals surface area contributed by atoms with E-state index in [2.05, 4.69) is 15.3 Å². The molecule has 2 heterocycles. The van der Waals surface area contributed by atoms with Gasteiger partial charge in [-0.15, -0.1) is 11.3 Å². The Morgan fingerprint density at radius 1 is 1.23 bits per heavy atom. The number of amides is 1. The summed E-state index contributed by atoms with van der Waals surface area (Å²) in [5.74, 6) is 0.995.